The average molecular weight is 514 g/mol. The third-order valence-electron chi connectivity index (χ3n) is 5.93. The number of rotatable bonds is 11. The van der Waals surface area contributed by atoms with Crippen LogP contribution in [0, 0.1) is 0 Å². The zero-order chi connectivity index (χ0) is 26.1. The molecule has 10 heteroatoms. The fourth-order valence-corrected chi connectivity index (χ4v) is 4.75. The van der Waals surface area contributed by atoms with Gasteiger partial charge in [-0.05, 0) is 42.1 Å². The number of hydrogen-bond acceptors (Lipinski definition) is 6. The van der Waals surface area contributed by atoms with E-state index in [0.29, 0.717) is 25.1 Å². The van der Waals surface area contributed by atoms with Gasteiger partial charge in [0.05, 0.1) is 12.2 Å². The Morgan fingerprint density at radius 2 is 1.58 bits per heavy atom. The van der Waals surface area contributed by atoms with Crippen LogP contribution in [0.3, 0.4) is 0 Å². The van der Waals surface area contributed by atoms with Gasteiger partial charge in [0.15, 0.2) is 5.78 Å². The number of unbranched alkanes of at least 4 members (excludes halogenated alkanes) is 2. The fraction of sp³-hybridized carbons (Fsp3) is 0.346. The van der Waals surface area contributed by atoms with E-state index in [1.807, 2.05) is 54.6 Å². The summed E-state index contributed by atoms with van der Waals surface area (Å²) in [6, 6.07) is 15.0. The molecule has 1 aliphatic rings. The Morgan fingerprint density at radius 1 is 0.917 bits per heavy atom. The minimum atomic E-state index is -4.90. The topological polar surface area (TPSA) is 147 Å². The van der Waals surface area contributed by atoms with Crippen LogP contribution in [0.25, 0.3) is 12.2 Å². The van der Waals surface area contributed by atoms with Gasteiger partial charge in [-0.2, -0.15) is 8.42 Å². The van der Waals surface area contributed by atoms with Crippen molar-refractivity contribution in [1.29, 1.82) is 0 Å². The van der Waals surface area contributed by atoms with Gasteiger partial charge in [0, 0.05) is 19.3 Å². The van der Waals surface area contributed by atoms with Gasteiger partial charge >= 0.3 is 0 Å². The summed E-state index contributed by atoms with van der Waals surface area (Å²) in [5.41, 5.74) is 8.77. The zero-order valence-corrected chi connectivity index (χ0v) is 20.7. The van der Waals surface area contributed by atoms with Crippen molar-refractivity contribution in [3.8, 4) is 0 Å². The van der Waals surface area contributed by atoms with Gasteiger partial charge in [-0.15, -0.1) is 0 Å². The van der Waals surface area contributed by atoms with Gasteiger partial charge in [-0.1, -0.05) is 61.0 Å². The summed E-state index contributed by atoms with van der Waals surface area (Å²) in [5.74, 6) is -2.01. The predicted octanol–water partition coefficient (Wildman–Crippen LogP) is 2.90. The van der Waals surface area contributed by atoms with Gasteiger partial charge < -0.3 is 16.0 Å². The van der Waals surface area contributed by atoms with Crippen LogP contribution in [0.1, 0.15) is 55.2 Å². The SMILES string of the molecule is NCCCCCC(=O)NC(C(=O)CCC(=O)N1Cc2ccccc2/C=C\c2ccccc21)S(=O)(=O)O. The molecule has 0 aliphatic carbocycles. The van der Waals surface area contributed by atoms with Crippen LogP contribution in [-0.2, 0) is 31.0 Å². The Balaban J connectivity index is 1.72. The first-order chi connectivity index (χ1) is 17.2. The number of amides is 2. The molecule has 2 aromatic carbocycles. The Morgan fingerprint density at radius 3 is 2.31 bits per heavy atom. The maximum Gasteiger partial charge on any atom is 0.293 e. The smallest absolute Gasteiger partial charge is 0.293 e. The van der Waals surface area contributed by atoms with Crippen molar-refractivity contribution in [1.82, 2.24) is 5.32 Å². The summed E-state index contributed by atoms with van der Waals surface area (Å²) >= 11 is 0. The molecule has 192 valence electrons. The number of nitrogens with one attached hydrogen (secondary N) is 1. The third kappa shape index (κ3) is 7.33. The number of hydrogen-bond donors (Lipinski definition) is 3. The first-order valence-corrected chi connectivity index (χ1v) is 13.3. The van der Waals surface area contributed by atoms with Crippen LogP contribution in [0.15, 0.2) is 48.5 Å². The fourth-order valence-electron chi connectivity index (χ4n) is 4.01. The second kappa shape index (κ2) is 12.6. The van der Waals surface area contributed by atoms with Crippen LogP contribution in [0.5, 0.6) is 0 Å². The van der Waals surface area contributed by atoms with Gasteiger partial charge in [0.25, 0.3) is 10.1 Å². The molecular formula is C26H31N3O6S. The van der Waals surface area contributed by atoms with Crippen molar-refractivity contribution in [2.75, 3.05) is 11.4 Å². The molecule has 1 aliphatic heterocycles. The number of Topliss-reactive ketones (excluding diaryl/α,β-unsaturated/α-hetero) is 1. The van der Waals surface area contributed by atoms with E-state index in [1.54, 1.807) is 11.0 Å². The van der Waals surface area contributed by atoms with Crippen LogP contribution in [0.4, 0.5) is 5.69 Å². The van der Waals surface area contributed by atoms with E-state index in [9.17, 15) is 27.4 Å². The minimum Gasteiger partial charge on any atom is -0.332 e. The lowest BCUT2D eigenvalue weighted by Gasteiger charge is -2.27. The number of carbonyl (C=O) groups is 3. The van der Waals surface area contributed by atoms with Crippen molar-refractivity contribution in [3.05, 3.63) is 65.2 Å². The number of para-hydroxylation sites is 1. The molecule has 36 heavy (non-hydrogen) atoms. The second-order valence-corrected chi connectivity index (χ2v) is 10.1. The first-order valence-electron chi connectivity index (χ1n) is 11.8. The number of fused-ring (bicyclic) bond motifs is 2. The van der Waals surface area contributed by atoms with E-state index >= 15 is 0 Å². The number of anilines is 1. The summed E-state index contributed by atoms with van der Waals surface area (Å²) < 4.78 is 33.2. The normalized spacial score (nSPS) is 14.6. The van der Waals surface area contributed by atoms with Gasteiger partial charge in [0.2, 0.25) is 17.2 Å². The van der Waals surface area contributed by atoms with Crippen LogP contribution >= 0.6 is 0 Å². The summed E-state index contributed by atoms with van der Waals surface area (Å²) in [7, 11) is -4.90. The molecule has 0 radical (unpaired) electrons. The third-order valence-corrected chi connectivity index (χ3v) is 6.91. The number of benzene rings is 2. The van der Waals surface area contributed by atoms with Gasteiger partial charge in [0.1, 0.15) is 0 Å². The summed E-state index contributed by atoms with van der Waals surface area (Å²) in [4.78, 5) is 39.7. The summed E-state index contributed by atoms with van der Waals surface area (Å²) in [5, 5.41) is -0.0231. The molecule has 1 heterocycles. The van der Waals surface area contributed by atoms with E-state index in [-0.39, 0.29) is 25.3 Å². The molecule has 4 N–H and O–H groups in total. The first kappa shape index (κ1) is 27.3. The number of carbonyl (C=O) groups excluding carboxylic acids is 3. The highest BCUT2D eigenvalue weighted by Gasteiger charge is 2.33. The molecule has 0 aromatic heterocycles. The number of nitrogens with two attached hydrogens (primary N) is 1. The highest BCUT2D eigenvalue weighted by molar-refractivity contribution is 7.87. The van der Waals surface area contributed by atoms with Gasteiger partial charge in [-0.25, -0.2) is 0 Å². The average Bonchev–Trinajstić information content (AvgIpc) is 2.84. The number of nitrogens with zero attached hydrogens (tertiary/aromatic N) is 1. The lowest BCUT2D eigenvalue weighted by atomic mass is 10.0. The van der Waals surface area contributed by atoms with Crippen molar-refractivity contribution in [2.45, 2.75) is 50.4 Å². The van der Waals surface area contributed by atoms with E-state index < -0.39 is 33.6 Å². The van der Waals surface area contributed by atoms with Crippen molar-refractivity contribution < 1.29 is 27.4 Å². The lowest BCUT2D eigenvalue weighted by Crippen LogP contribution is -2.46. The van der Waals surface area contributed by atoms with Crippen LogP contribution in [0.2, 0.25) is 0 Å². The molecule has 1 unspecified atom stereocenters. The minimum absolute atomic E-state index is 0.00425. The largest absolute Gasteiger partial charge is 0.332 e. The van der Waals surface area contributed by atoms with Crippen molar-refractivity contribution in [3.63, 3.8) is 0 Å². The van der Waals surface area contributed by atoms with E-state index in [0.717, 1.165) is 23.1 Å². The second-order valence-electron chi connectivity index (χ2n) is 8.60. The van der Waals surface area contributed by atoms with Gasteiger partial charge in [-0.3, -0.25) is 18.9 Å². The molecule has 0 fully saturated rings. The molecule has 9 nitrogen and oxygen atoms in total. The van der Waals surface area contributed by atoms with Crippen LogP contribution < -0.4 is 16.0 Å². The zero-order valence-electron chi connectivity index (χ0n) is 19.9. The standard InChI is InChI=1S/C26H31N3O6S/c27-17-7-1-2-12-24(31)28-26(36(33,34)35)23(30)15-16-25(32)29-18-21-10-4-3-8-19(21)13-14-20-9-5-6-11-22(20)29/h3-6,8-11,13-14,26H,1-2,7,12,15-18,27H2,(H,28,31)(H,33,34,35)/b14-13-. The molecule has 0 bridgehead atoms. The highest BCUT2D eigenvalue weighted by atomic mass is 32.2. The monoisotopic (exact) mass is 513 g/mol. The maximum absolute atomic E-state index is 13.3. The molecule has 2 amide bonds. The highest BCUT2D eigenvalue weighted by Crippen LogP contribution is 2.29. The summed E-state index contributed by atoms with van der Waals surface area (Å²) in [6.07, 6.45) is 5.00. The summed E-state index contributed by atoms with van der Waals surface area (Å²) in [6.45, 7) is 0.747. The predicted molar refractivity (Wildman–Crippen MR) is 138 cm³/mol. The Kier molecular flexibility index (Phi) is 9.51. The Labute approximate surface area is 211 Å². The molecule has 0 saturated heterocycles. The quantitative estimate of drug-likeness (QED) is 0.309. The molecule has 0 saturated carbocycles. The van der Waals surface area contributed by atoms with Crippen molar-refractivity contribution >= 4 is 45.6 Å². The molecule has 2 aromatic rings. The van der Waals surface area contributed by atoms with E-state index in [4.69, 9.17) is 5.73 Å². The van der Waals surface area contributed by atoms with Crippen LogP contribution in [-0.4, -0.2) is 42.5 Å². The van der Waals surface area contributed by atoms with Crippen molar-refractivity contribution in [2.24, 2.45) is 5.73 Å². The molecule has 0 spiro atoms. The maximum atomic E-state index is 13.3. The number of ketones is 1. The molecule has 1 atom stereocenters. The Hall–Kier alpha value is -3.34. The molecule has 3 rings (SSSR count). The molecular weight excluding hydrogens is 482 g/mol. The van der Waals surface area contributed by atoms with E-state index in [2.05, 4.69) is 5.32 Å². The van der Waals surface area contributed by atoms with E-state index in [1.165, 1.54) is 0 Å². The Bertz CT molecular complexity index is 1240. The lowest BCUT2D eigenvalue weighted by molar-refractivity contribution is -0.127.